The molecule has 4 aliphatic rings. The van der Waals surface area contributed by atoms with Crippen molar-refractivity contribution in [2.24, 2.45) is 5.92 Å². The Bertz CT molecular complexity index is 1040. The van der Waals surface area contributed by atoms with E-state index in [1.807, 2.05) is 12.1 Å². The number of rotatable bonds is 6. The number of piperidine rings is 3. The molecule has 4 amide bonds. The Morgan fingerprint density at radius 3 is 2.61 bits per heavy atom. The Morgan fingerprint density at radius 2 is 1.86 bits per heavy atom. The first-order valence-electron chi connectivity index (χ1n) is 13.0. The first kappa shape index (κ1) is 24.5. The number of nitrogens with zero attached hydrogens (tertiary/aromatic N) is 3. The van der Waals surface area contributed by atoms with E-state index < -0.39 is 18.0 Å². The molecular formula is C26H34N4O6. The number of nitrogens with one attached hydrogen (secondary N) is 1. The quantitative estimate of drug-likeness (QED) is 0.576. The molecule has 0 aromatic heterocycles. The van der Waals surface area contributed by atoms with Gasteiger partial charge in [-0.3, -0.25) is 24.6 Å². The number of carbonyl (C=O) groups is 4. The van der Waals surface area contributed by atoms with Crippen molar-refractivity contribution in [1.82, 2.24) is 20.0 Å². The standard InChI is InChI=1S/C26H34N4O6/c31-23-7-6-22(24(32)27-23)30-15-18-13-20(4-5-21(18)25(30)33)36-16-19-3-1-2-10-29(19)14-17-8-11-28(12-9-17)26(34)35/h4-5,13,17,19,22H,1-3,6-12,14-16H2,(H,34,35)(H,27,31,32)/t19-,22?/m1/s1. The van der Waals surface area contributed by atoms with Crippen molar-refractivity contribution in [3.8, 4) is 5.75 Å². The zero-order valence-corrected chi connectivity index (χ0v) is 20.5. The van der Waals surface area contributed by atoms with E-state index in [0.717, 1.165) is 37.9 Å². The van der Waals surface area contributed by atoms with Gasteiger partial charge in [-0.25, -0.2) is 4.79 Å². The van der Waals surface area contributed by atoms with Gasteiger partial charge in [-0.2, -0.15) is 0 Å². The van der Waals surface area contributed by atoms with E-state index in [1.54, 1.807) is 11.0 Å². The molecule has 194 valence electrons. The van der Waals surface area contributed by atoms with Crippen LogP contribution in [0.15, 0.2) is 18.2 Å². The predicted molar refractivity (Wildman–Crippen MR) is 130 cm³/mol. The van der Waals surface area contributed by atoms with Gasteiger partial charge in [0.2, 0.25) is 11.8 Å². The maximum absolute atomic E-state index is 12.9. The minimum atomic E-state index is -0.825. The molecular weight excluding hydrogens is 464 g/mol. The molecule has 3 fully saturated rings. The summed E-state index contributed by atoms with van der Waals surface area (Å²) < 4.78 is 6.21. The molecule has 2 atom stereocenters. The normalized spacial score (nSPS) is 25.6. The number of amides is 4. The molecule has 1 unspecified atom stereocenters. The molecule has 1 aromatic carbocycles. The summed E-state index contributed by atoms with van der Waals surface area (Å²) in [6.07, 6.45) is 4.97. The predicted octanol–water partition coefficient (Wildman–Crippen LogP) is 2.07. The molecule has 0 saturated carbocycles. The Balaban J connectivity index is 1.17. The fourth-order valence-corrected chi connectivity index (χ4v) is 5.96. The van der Waals surface area contributed by atoms with Crippen LogP contribution in [0, 0.1) is 5.92 Å². The number of benzene rings is 1. The van der Waals surface area contributed by atoms with Crippen molar-refractivity contribution >= 4 is 23.8 Å². The van der Waals surface area contributed by atoms with Crippen LogP contribution in [0.3, 0.4) is 0 Å². The number of likely N-dealkylation sites (tertiary alicyclic amines) is 2. The van der Waals surface area contributed by atoms with Crippen LogP contribution in [0.1, 0.15) is 60.9 Å². The molecule has 4 aliphatic heterocycles. The van der Waals surface area contributed by atoms with Crippen molar-refractivity contribution in [1.29, 1.82) is 0 Å². The topological polar surface area (TPSA) is 119 Å². The van der Waals surface area contributed by atoms with Gasteiger partial charge in [0.05, 0.1) is 0 Å². The van der Waals surface area contributed by atoms with Crippen LogP contribution in [-0.4, -0.2) is 88.5 Å². The number of hydrogen-bond donors (Lipinski definition) is 2. The molecule has 2 N–H and O–H groups in total. The molecule has 10 heteroatoms. The van der Waals surface area contributed by atoms with Crippen LogP contribution >= 0.6 is 0 Å². The fourth-order valence-electron chi connectivity index (χ4n) is 5.96. The minimum Gasteiger partial charge on any atom is -0.492 e. The van der Waals surface area contributed by atoms with E-state index in [2.05, 4.69) is 10.2 Å². The lowest BCUT2D eigenvalue weighted by Crippen LogP contribution is -2.52. The van der Waals surface area contributed by atoms with E-state index in [-0.39, 0.29) is 18.2 Å². The van der Waals surface area contributed by atoms with Gasteiger partial charge in [0, 0.05) is 44.2 Å². The highest BCUT2D eigenvalue weighted by atomic mass is 16.5. The SMILES string of the molecule is O=C1CCC(N2Cc3cc(OC[C@H]4CCCCN4CC4CCN(C(=O)O)CC4)ccc3C2=O)C(=O)N1. The van der Waals surface area contributed by atoms with E-state index in [4.69, 9.17) is 4.74 Å². The van der Waals surface area contributed by atoms with Crippen LogP contribution in [0.25, 0.3) is 0 Å². The third kappa shape index (κ3) is 5.18. The van der Waals surface area contributed by atoms with E-state index in [1.165, 1.54) is 17.7 Å². The zero-order valence-electron chi connectivity index (χ0n) is 20.5. The van der Waals surface area contributed by atoms with Crippen molar-refractivity contribution in [3.05, 3.63) is 29.3 Å². The van der Waals surface area contributed by atoms with Crippen molar-refractivity contribution in [2.45, 2.75) is 63.6 Å². The summed E-state index contributed by atoms with van der Waals surface area (Å²) in [5, 5.41) is 11.5. The Labute approximate surface area is 210 Å². The molecule has 3 saturated heterocycles. The highest BCUT2D eigenvalue weighted by Crippen LogP contribution is 2.31. The molecule has 0 spiro atoms. The zero-order chi connectivity index (χ0) is 25.2. The average Bonchev–Trinajstić information content (AvgIpc) is 3.19. The fraction of sp³-hybridized carbons (Fsp3) is 0.615. The lowest BCUT2D eigenvalue weighted by molar-refractivity contribution is -0.136. The maximum Gasteiger partial charge on any atom is 0.407 e. The van der Waals surface area contributed by atoms with Gasteiger partial charge >= 0.3 is 6.09 Å². The lowest BCUT2D eigenvalue weighted by atomic mass is 9.93. The van der Waals surface area contributed by atoms with Crippen LogP contribution < -0.4 is 10.1 Å². The summed E-state index contributed by atoms with van der Waals surface area (Å²) in [4.78, 5) is 53.4. The Hall–Kier alpha value is -3.14. The van der Waals surface area contributed by atoms with E-state index in [0.29, 0.717) is 55.9 Å². The molecule has 0 aliphatic carbocycles. The maximum atomic E-state index is 12.9. The largest absolute Gasteiger partial charge is 0.492 e. The third-order valence-corrected chi connectivity index (χ3v) is 8.06. The van der Waals surface area contributed by atoms with Gasteiger partial charge in [0.15, 0.2) is 0 Å². The number of ether oxygens (including phenoxy) is 1. The molecule has 0 radical (unpaired) electrons. The minimum absolute atomic E-state index is 0.182. The van der Waals surface area contributed by atoms with Gasteiger partial charge in [0.1, 0.15) is 18.4 Å². The van der Waals surface area contributed by atoms with Crippen molar-refractivity contribution in [2.75, 3.05) is 32.8 Å². The van der Waals surface area contributed by atoms with Crippen LogP contribution in [0.4, 0.5) is 4.79 Å². The van der Waals surface area contributed by atoms with Gasteiger partial charge in [-0.15, -0.1) is 0 Å². The van der Waals surface area contributed by atoms with Crippen LogP contribution in [-0.2, 0) is 16.1 Å². The molecule has 0 bridgehead atoms. The smallest absolute Gasteiger partial charge is 0.407 e. The third-order valence-electron chi connectivity index (χ3n) is 8.06. The number of fused-ring (bicyclic) bond motifs is 1. The number of hydrogen-bond acceptors (Lipinski definition) is 6. The van der Waals surface area contributed by atoms with E-state index in [9.17, 15) is 24.3 Å². The summed E-state index contributed by atoms with van der Waals surface area (Å²) in [7, 11) is 0. The molecule has 10 nitrogen and oxygen atoms in total. The van der Waals surface area contributed by atoms with Crippen molar-refractivity contribution in [3.63, 3.8) is 0 Å². The van der Waals surface area contributed by atoms with Gasteiger partial charge in [0.25, 0.3) is 5.91 Å². The number of carbonyl (C=O) groups excluding carboxylic acids is 3. The first-order valence-corrected chi connectivity index (χ1v) is 13.0. The van der Waals surface area contributed by atoms with Crippen molar-refractivity contribution < 1.29 is 29.0 Å². The second-order valence-corrected chi connectivity index (χ2v) is 10.4. The summed E-state index contributed by atoms with van der Waals surface area (Å²) in [6.45, 7) is 4.13. The highest BCUT2D eigenvalue weighted by molar-refractivity contribution is 6.05. The number of imide groups is 1. The monoisotopic (exact) mass is 498 g/mol. The second-order valence-electron chi connectivity index (χ2n) is 10.4. The van der Waals surface area contributed by atoms with Gasteiger partial charge in [-0.1, -0.05) is 6.42 Å². The summed E-state index contributed by atoms with van der Waals surface area (Å²) >= 11 is 0. The lowest BCUT2D eigenvalue weighted by Gasteiger charge is -2.39. The highest BCUT2D eigenvalue weighted by Gasteiger charge is 2.39. The molecule has 36 heavy (non-hydrogen) atoms. The Morgan fingerprint density at radius 1 is 1.06 bits per heavy atom. The van der Waals surface area contributed by atoms with Gasteiger partial charge in [-0.05, 0) is 68.3 Å². The van der Waals surface area contributed by atoms with Gasteiger partial charge < -0.3 is 19.6 Å². The summed E-state index contributed by atoms with van der Waals surface area (Å²) in [5.74, 6) is 0.337. The average molecular weight is 499 g/mol. The molecule has 1 aromatic rings. The molecule has 4 heterocycles. The first-order chi connectivity index (χ1) is 17.4. The van der Waals surface area contributed by atoms with Crippen LogP contribution in [0.5, 0.6) is 5.75 Å². The second kappa shape index (κ2) is 10.5. The Kier molecular flexibility index (Phi) is 7.13. The summed E-state index contributed by atoms with van der Waals surface area (Å²) in [5.41, 5.74) is 1.42. The van der Waals surface area contributed by atoms with Crippen LogP contribution in [0.2, 0.25) is 0 Å². The molecule has 5 rings (SSSR count). The van der Waals surface area contributed by atoms with E-state index >= 15 is 0 Å². The summed E-state index contributed by atoms with van der Waals surface area (Å²) in [6, 6.07) is 5.18. The number of carboxylic acid groups (broad SMARTS) is 1.